The van der Waals surface area contributed by atoms with E-state index in [1.165, 1.54) is 0 Å². The van der Waals surface area contributed by atoms with E-state index in [1.807, 2.05) is 0 Å². The molecule has 1 aliphatic rings. The first-order valence-corrected chi connectivity index (χ1v) is 2.97. The smallest absolute Gasteiger partial charge is 1.00 e. The summed E-state index contributed by atoms with van der Waals surface area (Å²) in [6, 6.07) is -0.390. The largest absolute Gasteiger partial charge is 1.00 e. The standard InChI is InChI=1S/C5H10N2O2.Li.H/c8-5(9)4-3-6-1-2-7-4;;/h4,6-7H,1-3H2,(H,8,9);;/q;+1;-1. The Hall–Kier alpha value is -0.0126. The summed E-state index contributed by atoms with van der Waals surface area (Å²) in [5.41, 5.74) is 0. The topological polar surface area (TPSA) is 61.4 Å². The molecule has 1 aliphatic heterocycles. The molecule has 1 fully saturated rings. The van der Waals surface area contributed by atoms with E-state index in [2.05, 4.69) is 10.6 Å². The van der Waals surface area contributed by atoms with Gasteiger partial charge in [0.2, 0.25) is 0 Å². The van der Waals surface area contributed by atoms with Gasteiger partial charge >= 0.3 is 24.8 Å². The molecular weight excluding hydrogens is 127 g/mol. The Labute approximate surface area is 73.0 Å². The minimum Gasteiger partial charge on any atom is -1.00 e. The second-order valence-corrected chi connectivity index (χ2v) is 2.05. The zero-order valence-corrected chi connectivity index (χ0v) is 6.05. The average molecular weight is 138 g/mol. The molecule has 0 amide bonds. The van der Waals surface area contributed by atoms with Crippen molar-refractivity contribution in [3.63, 3.8) is 0 Å². The van der Waals surface area contributed by atoms with Crippen LogP contribution in [0.3, 0.4) is 0 Å². The maximum Gasteiger partial charge on any atom is 1.00 e. The number of carboxylic acids is 1. The van der Waals surface area contributed by atoms with Gasteiger partial charge in [-0.1, -0.05) is 0 Å². The summed E-state index contributed by atoms with van der Waals surface area (Å²) in [4.78, 5) is 10.3. The van der Waals surface area contributed by atoms with Gasteiger partial charge in [-0.3, -0.25) is 4.79 Å². The fourth-order valence-corrected chi connectivity index (χ4v) is 0.828. The molecular formula is C5H11LiN2O2. The number of piperazine rings is 1. The van der Waals surface area contributed by atoms with Crippen LogP contribution in [0.1, 0.15) is 1.43 Å². The number of hydrogen-bond donors (Lipinski definition) is 3. The van der Waals surface area contributed by atoms with Crippen LogP contribution in [0.15, 0.2) is 0 Å². The summed E-state index contributed by atoms with van der Waals surface area (Å²) in [6.45, 7) is 2.15. The fraction of sp³-hybridized carbons (Fsp3) is 0.800. The molecule has 5 heteroatoms. The third-order valence-corrected chi connectivity index (χ3v) is 1.34. The molecule has 1 atom stereocenters. The SMILES string of the molecule is O=C(O)C1CNCCN1.[H-].[Li+]. The van der Waals surface area contributed by atoms with Crippen molar-refractivity contribution >= 4 is 5.97 Å². The quantitative estimate of drug-likeness (QED) is 0.321. The van der Waals surface area contributed by atoms with Crippen LogP contribution in [-0.2, 0) is 4.79 Å². The van der Waals surface area contributed by atoms with Gasteiger partial charge in [0.05, 0.1) is 0 Å². The van der Waals surface area contributed by atoms with E-state index in [0.717, 1.165) is 13.1 Å². The predicted octanol–water partition coefficient (Wildman–Crippen LogP) is -4.25. The van der Waals surface area contributed by atoms with E-state index < -0.39 is 12.0 Å². The Morgan fingerprint density at radius 3 is 2.60 bits per heavy atom. The maximum atomic E-state index is 10.3. The van der Waals surface area contributed by atoms with Crippen LogP contribution in [-0.4, -0.2) is 36.8 Å². The van der Waals surface area contributed by atoms with E-state index in [1.54, 1.807) is 0 Å². The van der Waals surface area contributed by atoms with Gasteiger partial charge in [0.25, 0.3) is 0 Å². The van der Waals surface area contributed by atoms with Crippen LogP contribution >= 0.6 is 0 Å². The van der Waals surface area contributed by atoms with Crippen LogP contribution in [0.2, 0.25) is 0 Å². The maximum absolute atomic E-state index is 10.3. The van der Waals surface area contributed by atoms with Crippen LogP contribution in [0.4, 0.5) is 0 Å². The molecule has 1 unspecified atom stereocenters. The Balaban J connectivity index is 0. The summed E-state index contributed by atoms with van der Waals surface area (Å²) in [6.07, 6.45) is 0. The number of rotatable bonds is 1. The normalized spacial score (nSPS) is 25.0. The third-order valence-electron chi connectivity index (χ3n) is 1.34. The van der Waals surface area contributed by atoms with E-state index in [4.69, 9.17) is 5.11 Å². The van der Waals surface area contributed by atoms with E-state index in [9.17, 15) is 4.79 Å². The monoisotopic (exact) mass is 138 g/mol. The number of carboxylic acid groups (broad SMARTS) is 1. The zero-order valence-electron chi connectivity index (χ0n) is 7.05. The predicted molar refractivity (Wildman–Crippen MR) is 33.4 cm³/mol. The number of aliphatic carboxylic acids is 1. The minimum atomic E-state index is -0.776. The van der Waals surface area contributed by atoms with E-state index in [-0.39, 0.29) is 20.3 Å². The van der Waals surface area contributed by atoms with Gasteiger partial charge in [0.15, 0.2) is 0 Å². The van der Waals surface area contributed by atoms with Crippen molar-refractivity contribution in [1.29, 1.82) is 0 Å². The summed E-state index contributed by atoms with van der Waals surface area (Å²) < 4.78 is 0. The van der Waals surface area contributed by atoms with Gasteiger partial charge in [-0.25, -0.2) is 0 Å². The fourth-order valence-electron chi connectivity index (χ4n) is 0.828. The minimum absolute atomic E-state index is 0. The van der Waals surface area contributed by atoms with Gasteiger partial charge in [0.1, 0.15) is 6.04 Å². The molecule has 54 valence electrons. The van der Waals surface area contributed by atoms with E-state index >= 15 is 0 Å². The van der Waals surface area contributed by atoms with Crippen molar-refractivity contribution in [2.45, 2.75) is 6.04 Å². The summed E-state index contributed by atoms with van der Waals surface area (Å²) in [5.74, 6) is -0.776. The molecule has 0 aromatic heterocycles. The van der Waals surface area contributed by atoms with Crippen LogP contribution in [0.5, 0.6) is 0 Å². The van der Waals surface area contributed by atoms with Gasteiger partial charge in [-0.05, 0) is 0 Å². The van der Waals surface area contributed by atoms with E-state index in [0.29, 0.717) is 6.54 Å². The van der Waals surface area contributed by atoms with Crippen molar-refractivity contribution in [3.8, 4) is 0 Å². The molecule has 0 aromatic carbocycles. The summed E-state index contributed by atoms with van der Waals surface area (Å²) in [5, 5.41) is 14.3. The Morgan fingerprint density at radius 2 is 2.30 bits per heavy atom. The van der Waals surface area contributed by atoms with Gasteiger partial charge in [-0.15, -0.1) is 0 Å². The number of carbonyl (C=O) groups is 1. The molecule has 0 saturated carbocycles. The molecule has 10 heavy (non-hydrogen) atoms. The second-order valence-electron chi connectivity index (χ2n) is 2.05. The van der Waals surface area contributed by atoms with Crippen molar-refractivity contribution in [3.05, 3.63) is 0 Å². The van der Waals surface area contributed by atoms with Crippen molar-refractivity contribution < 1.29 is 30.2 Å². The molecule has 4 nitrogen and oxygen atoms in total. The van der Waals surface area contributed by atoms with Crippen molar-refractivity contribution in [2.24, 2.45) is 0 Å². The molecule has 0 spiro atoms. The Morgan fingerprint density at radius 1 is 1.60 bits per heavy atom. The average Bonchev–Trinajstić information content (AvgIpc) is 1.90. The van der Waals surface area contributed by atoms with Crippen molar-refractivity contribution in [1.82, 2.24) is 10.6 Å². The molecule has 1 rings (SSSR count). The Kier molecular flexibility index (Phi) is 4.74. The first-order chi connectivity index (χ1) is 4.30. The van der Waals surface area contributed by atoms with Gasteiger partial charge in [-0.2, -0.15) is 0 Å². The molecule has 1 heterocycles. The second kappa shape index (κ2) is 4.75. The molecule has 0 aromatic rings. The Bertz CT molecular complexity index is 119. The molecule has 0 radical (unpaired) electrons. The molecule has 0 aliphatic carbocycles. The van der Waals surface area contributed by atoms with Crippen LogP contribution in [0, 0.1) is 0 Å². The summed E-state index contributed by atoms with van der Waals surface area (Å²) >= 11 is 0. The molecule has 3 N–H and O–H groups in total. The van der Waals surface area contributed by atoms with Gasteiger partial charge in [0, 0.05) is 19.6 Å². The van der Waals surface area contributed by atoms with Crippen molar-refractivity contribution in [2.75, 3.05) is 19.6 Å². The first kappa shape index (κ1) is 9.99. The zero-order chi connectivity index (χ0) is 6.69. The number of nitrogens with one attached hydrogen (secondary N) is 2. The van der Waals surface area contributed by atoms with Crippen LogP contribution in [0.25, 0.3) is 0 Å². The van der Waals surface area contributed by atoms with Crippen LogP contribution < -0.4 is 29.5 Å². The summed E-state index contributed by atoms with van der Waals surface area (Å²) in [7, 11) is 0. The van der Waals surface area contributed by atoms with Gasteiger partial charge < -0.3 is 17.2 Å². The first-order valence-electron chi connectivity index (χ1n) is 2.97. The third kappa shape index (κ3) is 2.71. The number of hydrogen-bond acceptors (Lipinski definition) is 3. The molecule has 0 bridgehead atoms. The molecule has 1 saturated heterocycles.